The molecular formula is C17H15BrN2O6S. The number of nitrogens with zero attached hydrogens (tertiary/aromatic N) is 1. The minimum absolute atomic E-state index is 0.0968. The van der Waals surface area contributed by atoms with Gasteiger partial charge >= 0.3 is 5.97 Å². The Morgan fingerprint density at radius 1 is 1.30 bits per heavy atom. The molecule has 0 bridgehead atoms. The monoisotopic (exact) mass is 454 g/mol. The Bertz CT molecular complexity index is 1040. The summed E-state index contributed by atoms with van der Waals surface area (Å²) >= 11 is 3.31. The lowest BCUT2D eigenvalue weighted by molar-refractivity contribution is -0.137. The second kappa shape index (κ2) is 7.20. The number of ether oxygens (including phenoxy) is 1. The number of anilines is 2. The zero-order valence-electron chi connectivity index (χ0n) is 14.1. The number of sulfonamides is 1. The highest BCUT2D eigenvalue weighted by Crippen LogP contribution is 2.35. The molecule has 10 heteroatoms. The van der Waals surface area contributed by atoms with Gasteiger partial charge in [-0.3, -0.25) is 19.2 Å². The fourth-order valence-corrected chi connectivity index (χ4v) is 4.39. The van der Waals surface area contributed by atoms with Gasteiger partial charge in [0.1, 0.15) is 12.3 Å². The fourth-order valence-electron chi connectivity index (χ4n) is 2.56. The Kier molecular flexibility index (Phi) is 5.11. The quantitative estimate of drug-likeness (QED) is 0.716. The van der Waals surface area contributed by atoms with Gasteiger partial charge in [-0.2, -0.15) is 0 Å². The highest BCUT2D eigenvalue weighted by molar-refractivity contribution is 9.10. The van der Waals surface area contributed by atoms with E-state index in [1.165, 1.54) is 18.2 Å². The average molecular weight is 455 g/mol. The number of hydrogen-bond acceptors (Lipinski definition) is 5. The van der Waals surface area contributed by atoms with E-state index in [1.807, 2.05) is 6.92 Å². The Morgan fingerprint density at radius 3 is 2.70 bits per heavy atom. The molecule has 142 valence electrons. The number of carboxylic acids is 1. The summed E-state index contributed by atoms with van der Waals surface area (Å²) in [6, 6.07) is 9.11. The predicted molar refractivity (Wildman–Crippen MR) is 102 cm³/mol. The first-order valence-electron chi connectivity index (χ1n) is 7.75. The van der Waals surface area contributed by atoms with Gasteiger partial charge in [-0.25, -0.2) is 8.42 Å². The van der Waals surface area contributed by atoms with Crippen molar-refractivity contribution in [3.8, 4) is 5.75 Å². The van der Waals surface area contributed by atoms with Gasteiger partial charge in [0.05, 0.1) is 16.3 Å². The molecule has 0 atom stereocenters. The van der Waals surface area contributed by atoms with E-state index in [-0.39, 0.29) is 22.9 Å². The highest BCUT2D eigenvalue weighted by Gasteiger charge is 2.29. The number of amides is 1. The molecule has 27 heavy (non-hydrogen) atoms. The topological polar surface area (TPSA) is 113 Å². The third-order valence-electron chi connectivity index (χ3n) is 3.85. The fraction of sp³-hybridized carbons (Fsp3) is 0.176. The first-order chi connectivity index (χ1) is 12.7. The SMILES string of the molecule is Cc1ccc(NS(=O)(=O)c2ccc3c(c2)N(CC(=O)O)C(=O)CO3)c(Br)c1. The van der Waals surface area contributed by atoms with Crippen LogP contribution in [-0.4, -0.2) is 38.6 Å². The Hall–Kier alpha value is -2.59. The molecule has 1 aliphatic rings. The van der Waals surface area contributed by atoms with Gasteiger partial charge in [-0.1, -0.05) is 6.07 Å². The van der Waals surface area contributed by atoms with Crippen LogP contribution in [0.2, 0.25) is 0 Å². The van der Waals surface area contributed by atoms with Gasteiger partial charge in [0, 0.05) is 4.47 Å². The number of rotatable bonds is 5. The van der Waals surface area contributed by atoms with Crippen LogP contribution in [0.15, 0.2) is 45.8 Å². The molecule has 0 aliphatic carbocycles. The lowest BCUT2D eigenvalue weighted by Gasteiger charge is -2.28. The van der Waals surface area contributed by atoms with Crippen LogP contribution >= 0.6 is 15.9 Å². The van der Waals surface area contributed by atoms with Crippen molar-refractivity contribution in [2.45, 2.75) is 11.8 Å². The number of nitrogens with one attached hydrogen (secondary N) is 1. The van der Waals surface area contributed by atoms with E-state index in [0.717, 1.165) is 10.5 Å². The van der Waals surface area contributed by atoms with Crippen LogP contribution in [0.25, 0.3) is 0 Å². The van der Waals surface area contributed by atoms with E-state index in [0.29, 0.717) is 10.2 Å². The van der Waals surface area contributed by atoms with Crippen molar-refractivity contribution in [3.05, 3.63) is 46.4 Å². The standard InChI is InChI=1S/C17H15BrN2O6S/c1-10-2-4-13(12(18)6-10)19-27(24,25)11-3-5-15-14(7-11)20(8-17(22)23)16(21)9-26-15/h2-7,19H,8-9H2,1H3,(H,22,23). The summed E-state index contributed by atoms with van der Waals surface area (Å²) in [6.45, 7) is 0.983. The Labute approximate surface area is 163 Å². The zero-order valence-corrected chi connectivity index (χ0v) is 16.5. The molecule has 2 aromatic carbocycles. The van der Waals surface area contributed by atoms with E-state index < -0.39 is 28.4 Å². The molecule has 0 fully saturated rings. The molecule has 8 nitrogen and oxygen atoms in total. The smallest absolute Gasteiger partial charge is 0.323 e. The van der Waals surface area contributed by atoms with E-state index in [4.69, 9.17) is 9.84 Å². The maximum atomic E-state index is 12.7. The predicted octanol–water partition coefficient (Wildman–Crippen LogP) is 2.37. The lowest BCUT2D eigenvalue weighted by atomic mass is 10.2. The summed E-state index contributed by atoms with van der Waals surface area (Å²) in [6.07, 6.45) is 0. The minimum Gasteiger partial charge on any atom is -0.482 e. The second-order valence-electron chi connectivity index (χ2n) is 5.88. The molecule has 0 radical (unpaired) electrons. The van der Waals surface area contributed by atoms with Gasteiger partial charge in [0.2, 0.25) is 0 Å². The molecular weight excluding hydrogens is 440 g/mol. The molecule has 1 heterocycles. The van der Waals surface area contributed by atoms with E-state index in [2.05, 4.69) is 20.7 Å². The summed E-state index contributed by atoms with van der Waals surface area (Å²) in [4.78, 5) is 23.9. The molecule has 2 N–H and O–H groups in total. The first kappa shape index (κ1) is 19.2. The molecule has 1 aliphatic heterocycles. The lowest BCUT2D eigenvalue weighted by Crippen LogP contribution is -2.42. The third kappa shape index (κ3) is 4.06. The van der Waals surface area contributed by atoms with Crippen LogP contribution in [0.3, 0.4) is 0 Å². The first-order valence-corrected chi connectivity index (χ1v) is 10.0. The molecule has 3 rings (SSSR count). The van der Waals surface area contributed by atoms with Crippen LogP contribution in [0.4, 0.5) is 11.4 Å². The van der Waals surface area contributed by atoms with Crippen molar-refractivity contribution in [3.63, 3.8) is 0 Å². The largest absolute Gasteiger partial charge is 0.482 e. The molecule has 0 aromatic heterocycles. The van der Waals surface area contributed by atoms with E-state index >= 15 is 0 Å². The van der Waals surface area contributed by atoms with Crippen molar-refractivity contribution in [2.75, 3.05) is 22.8 Å². The Balaban J connectivity index is 1.98. The number of aryl methyl sites for hydroxylation is 1. The van der Waals surface area contributed by atoms with Crippen LogP contribution in [-0.2, 0) is 19.6 Å². The molecule has 0 saturated heterocycles. The maximum Gasteiger partial charge on any atom is 0.323 e. The summed E-state index contributed by atoms with van der Waals surface area (Å²) < 4.78 is 33.8. The van der Waals surface area contributed by atoms with Gasteiger partial charge < -0.3 is 9.84 Å². The summed E-state index contributed by atoms with van der Waals surface area (Å²) in [5.41, 5.74) is 1.41. The third-order valence-corrected chi connectivity index (χ3v) is 5.87. The zero-order chi connectivity index (χ0) is 19.8. The van der Waals surface area contributed by atoms with Crippen LogP contribution in [0.1, 0.15) is 5.56 Å². The molecule has 0 saturated carbocycles. The number of carbonyl (C=O) groups is 2. The summed E-state index contributed by atoms with van der Waals surface area (Å²) in [7, 11) is -3.97. The Morgan fingerprint density at radius 2 is 2.04 bits per heavy atom. The van der Waals surface area contributed by atoms with E-state index in [9.17, 15) is 18.0 Å². The number of hydrogen-bond donors (Lipinski definition) is 2. The normalized spacial score (nSPS) is 13.7. The number of aliphatic carboxylic acids is 1. The summed E-state index contributed by atoms with van der Waals surface area (Å²) in [5.74, 6) is -1.54. The molecule has 2 aromatic rings. The minimum atomic E-state index is -3.97. The van der Waals surface area contributed by atoms with Crippen LogP contribution in [0.5, 0.6) is 5.75 Å². The number of carboxylic acid groups (broad SMARTS) is 1. The van der Waals surface area contributed by atoms with E-state index in [1.54, 1.807) is 18.2 Å². The maximum absolute atomic E-state index is 12.7. The van der Waals surface area contributed by atoms with Crippen molar-refractivity contribution < 1.29 is 27.9 Å². The molecule has 0 unspecified atom stereocenters. The number of benzene rings is 2. The van der Waals surface area contributed by atoms with Gasteiger partial charge in [0.15, 0.2) is 6.61 Å². The van der Waals surface area contributed by atoms with Crippen molar-refractivity contribution >= 4 is 49.2 Å². The number of halogens is 1. The summed E-state index contributed by atoms with van der Waals surface area (Å²) in [5, 5.41) is 9.02. The van der Waals surface area contributed by atoms with Crippen LogP contribution in [0, 0.1) is 6.92 Å². The number of fused-ring (bicyclic) bond motifs is 1. The van der Waals surface area contributed by atoms with Crippen LogP contribution < -0.4 is 14.4 Å². The van der Waals surface area contributed by atoms with Crippen molar-refractivity contribution in [1.29, 1.82) is 0 Å². The molecule has 1 amide bonds. The van der Waals surface area contributed by atoms with Gasteiger partial charge in [-0.05, 0) is 58.7 Å². The van der Waals surface area contributed by atoms with Crippen molar-refractivity contribution in [1.82, 2.24) is 0 Å². The van der Waals surface area contributed by atoms with Gasteiger partial charge in [-0.15, -0.1) is 0 Å². The number of carbonyl (C=O) groups excluding carboxylic acids is 1. The second-order valence-corrected chi connectivity index (χ2v) is 8.42. The highest BCUT2D eigenvalue weighted by atomic mass is 79.9. The molecule has 0 spiro atoms. The van der Waals surface area contributed by atoms with Gasteiger partial charge in [0.25, 0.3) is 15.9 Å². The average Bonchev–Trinajstić information content (AvgIpc) is 2.59. The van der Waals surface area contributed by atoms with Crippen molar-refractivity contribution in [2.24, 2.45) is 0 Å².